The minimum absolute atomic E-state index is 0.0563. The van der Waals surface area contributed by atoms with Gasteiger partial charge in [-0.15, -0.1) is 0 Å². The van der Waals surface area contributed by atoms with E-state index in [1.807, 2.05) is 36.4 Å². The molecule has 1 atom stereocenters. The number of carbonyl (C=O) groups excluding carboxylic acids is 1. The minimum atomic E-state index is -0.175. The van der Waals surface area contributed by atoms with Crippen LogP contribution in [0.4, 0.5) is 0 Å². The first-order chi connectivity index (χ1) is 18.1. The lowest BCUT2D eigenvalue weighted by molar-refractivity contribution is 0.0606. The predicted octanol–water partition coefficient (Wildman–Crippen LogP) is 7.50. The lowest BCUT2D eigenvalue weighted by Crippen LogP contribution is -2.40. The number of H-pyrrole nitrogens is 1. The summed E-state index contributed by atoms with van der Waals surface area (Å²) in [5.74, 6) is 0.847. The van der Waals surface area contributed by atoms with Gasteiger partial charge in [-0.05, 0) is 55.2 Å². The second-order valence-corrected chi connectivity index (χ2v) is 10.6. The van der Waals surface area contributed by atoms with E-state index in [1.54, 1.807) is 0 Å². The largest absolute Gasteiger partial charge is 0.489 e. The number of amides is 1. The van der Waals surface area contributed by atoms with Gasteiger partial charge >= 0.3 is 0 Å². The van der Waals surface area contributed by atoms with Gasteiger partial charge in [0.2, 0.25) is 0 Å². The van der Waals surface area contributed by atoms with E-state index in [2.05, 4.69) is 58.4 Å². The quantitative estimate of drug-likeness (QED) is 0.291. The van der Waals surface area contributed by atoms with Crippen molar-refractivity contribution in [1.29, 1.82) is 0 Å². The molecule has 4 aromatic rings. The molecule has 6 heteroatoms. The van der Waals surface area contributed by atoms with E-state index in [-0.39, 0.29) is 18.0 Å². The van der Waals surface area contributed by atoms with Gasteiger partial charge in [0.25, 0.3) is 5.91 Å². The third-order valence-corrected chi connectivity index (χ3v) is 7.86. The van der Waals surface area contributed by atoms with E-state index in [9.17, 15) is 4.79 Å². The van der Waals surface area contributed by atoms with Crippen LogP contribution in [-0.2, 0) is 6.61 Å². The van der Waals surface area contributed by atoms with Gasteiger partial charge in [0.15, 0.2) is 0 Å². The third kappa shape index (κ3) is 4.64. The normalized spacial score (nSPS) is 17.7. The van der Waals surface area contributed by atoms with Crippen molar-refractivity contribution in [2.75, 3.05) is 0 Å². The lowest BCUT2D eigenvalue weighted by atomic mass is 9.91. The molecule has 1 fully saturated rings. The molecule has 1 amide bonds. The van der Waals surface area contributed by atoms with Crippen LogP contribution < -0.4 is 4.74 Å². The number of fused-ring (bicyclic) bond motifs is 1. The topological polar surface area (TPSA) is 58.2 Å². The molecular weight excluding hydrogens is 482 g/mol. The summed E-state index contributed by atoms with van der Waals surface area (Å²) in [6, 6.07) is 24.3. The van der Waals surface area contributed by atoms with Crippen LogP contribution >= 0.6 is 11.6 Å². The van der Waals surface area contributed by atoms with Gasteiger partial charge in [-0.3, -0.25) is 9.89 Å². The maximum atomic E-state index is 13.7. The highest BCUT2D eigenvalue weighted by Crippen LogP contribution is 2.46. The molecule has 2 heterocycles. The Morgan fingerprint density at radius 3 is 2.35 bits per heavy atom. The summed E-state index contributed by atoms with van der Waals surface area (Å²) >= 11 is 6.00. The van der Waals surface area contributed by atoms with Crippen LogP contribution in [0.5, 0.6) is 5.75 Å². The van der Waals surface area contributed by atoms with Crippen molar-refractivity contribution in [2.24, 2.45) is 0 Å². The highest BCUT2D eigenvalue weighted by Gasteiger charge is 2.45. The SMILES string of the molecule is Cc1ccc(-c2n[nH]c3c2C(c2ccc(OCc4ccc(Cl)cc4)cc2)N(C2CCCCC2)C3=O)cc1. The van der Waals surface area contributed by atoms with Crippen LogP contribution in [0.25, 0.3) is 11.3 Å². The Balaban J connectivity index is 1.33. The molecular formula is C31H30ClN3O2. The number of aryl methyl sites for hydroxylation is 1. The highest BCUT2D eigenvalue weighted by atomic mass is 35.5. The number of benzene rings is 3. The fraction of sp³-hybridized carbons (Fsp3) is 0.290. The Labute approximate surface area is 222 Å². The third-order valence-electron chi connectivity index (χ3n) is 7.61. The van der Waals surface area contributed by atoms with Crippen LogP contribution in [0.3, 0.4) is 0 Å². The van der Waals surface area contributed by atoms with E-state index in [4.69, 9.17) is 16.3 Å². The molecule has 1 unspecified atom stereocenters. The molecule has 1 aromatic heterocycles. The average molecular weight is 512 g/mol. The molecule has 1 N–H and O–H groups in total. The van der Waals surface area contributed by atoms with Gasteiger partial charge in [-0.1, -0.05) is 85.0 Å². The van der Waals surface area contributed by atoms with E-state index in [0.717, 1.165) is 59.4 Å². The van der Waals surface area contributed by atoms with Crippen LogP contribution in [0.2, 0.25) is 5.02 Å². The summed E-state index contributed by atoms with van der Waals surface area (Å²) < 4.78 is 6.03. The number of rotatable bonds is 6. The van der Waals surface area contributed by atoms with Crippen LogP contribution in [0, 0.1) is 6.92 Å². The maximum Gasteiger partial charge on any atom is 0.273 e. The van der Waals surface area contributed by atoms with E-state index >= 15 is 0 Å². The molecule has 0 radical (unpaired) electrons. The van der Waals surface area contributed by atoms with E-state index in [1.165, 1.54) is 12.0 Å². The van der Waals surface area contributed by atoms with Crippen LogP contribution in [0.15, 0.2) is 72.8 Å². The van der Waals surface area contributed by atoms with Gasteiger partial charge in [0.1, 0.15) is 18.1 Å². The monoisotopic (exact) mass is 511 g/mol. The number of hydrogen-bond acceptors (Lipinski definition) is 3. The molecule has 1 aliphatic heterocycles. The number of ether oxygens (including phenoxy) is 1. The number of aromatic amines is 1. The molecule has 0 saturated heterocycles. The summed E-state index contributed by atoms with van der Waals surface area (Å²) in [6.45, 7) is 2.54. The van der Waals surface area contributed by atoms with E-state index < -0.39 is 0 Å². The molecule has 0 spiro atoms. The number of carbonyl (C=O) groups is 1. The van der Waals surface area contributed by atoms with Crippen molar-refractivity contribution in [3.05, 3.63) is 106 Å². The average Bonchev–Trinajstić information content (AvgIpc) is 3.48. The first kappa shape index (κ1) is 23.8. The zero-order valence-electron chi connectivity index (χ0n) is 20.9. The Kier molecular flexibility index (Phi) is 6.47. The maximum absolute atomic E-state index is 13.7. The second kappa shape index (κ2) is 10.1. The molecule has 5 nitrogen and oxygen atoms in total. The van der Waals surface area contributed by atoms with Gasteiger partial charge in [-0.25, -0.2) is 0 Å². The molecule has 3 aromatic carbocycles. The minimum Gasteiger partial charge on any atom is -0.489 e. The van der Waals surface area contributed by atoms with E-state index in [0.29, 0.717) is 17.3 Å². The predicted molar refractivity (Wildman–Crippen MR) is 146 cm³/mol. The van der Waals surface area contributed by atoms with Gasteiger partial charge in [-0.2, -0.15) is 5.10 Å². The summed E-state index contributed by atoms with van der Waals surface area (Å²) in [7, 11) is 0. The van der Waals surface area contributed by atoms with Gasteiger partial charge in [0, 0.05) is 22.2 Å². The molecule has 1 saturated carbocycles. The highest BCUT2D eigenvalue weighted by molar-refractivity contribution is 6.30. The number of nitrogens with one attached hydrogen (secondary N) is 1. The number of hydrogen-bond donors (Lipinski definition) is 1. The van der Waals surface area contributed by atoms with Crippen molar-refractivity contribution in [3.63, 3.8) is 0 Å². The first-order valence-electron chi connectivity index (χ1n) is 13.0. The standard InChI is InChI=1S/C31H30ClN3O2/c1-20-7-11-22(12-8-20)28-27-29(34-33-28)31(36)35(25-5-3-2-4-6-25)30(27)23-13-17-26(18-14-23)37-19-21-9-15-24(32)16-10-21/h7-18,25,30H,2-6,19H2,1H3,(H,33,34). The molecule has 1 aliphatic carbocycles. The van der Waals surface area contributed by atoms with Gasteiger partial charge < -0.3 is 9.64 Å². The van der Waals surface area contributed by atoms with Crippen molar-refractivity contribution in [2.45, 2.75) is 57.7 Å². The Hall–Kier alpha value is -3.57. The second-order valence-electron chi connectivity index (χ2n) is 10.1. The van der Waals surface area contributed by atoms with Crippen molar-refractivity contribution in [1.82, 2.24) is 15.1 Å². The fourth-order valence-electron chi connectivity index (χ4n) is 5.65. The van der Waals surface area contributed by atoms with Crippen molar-refractivity contribution in [3.8, 4) is 17.0 Å². The molecule has 6 rings (SSSR count). The Morgan fingerprint density at radius 1 is 0.946 bits per heavy atom. The lowest BCUT2D eigenvalue weighted by Gasteiger charge is -2.36. The summed E-state index contributed by atoms with van der Waals surface area (Å²) in [5, 5.41) is 8.43. The number of halogens is 1. The summed E-state index contributed by atoms with van der Waals surface area (Å²) in [5.41, 5.74) is 6.81. The molecule has 2 aliphatic rings. The number of aromatic nitrogens is 2. The summed E-state index contributed by atoms with van der Waals surface area (Å²) in [6.07, 6.45) is 5.65. The Morgan fingerprint density at radius 2 is 1.65 bits per heavy atom. The summed E-state index contributed by atoms with van der Waals surface area (Å²) in [4.78, 5) is 15.9. The van der Waals surface area contributed by atoms with Crippen LogP contribution in [0.1, 0.15) is 70.9 Å². The first-order valence-corrected chi connectivity index (χ1v) is 13.4. The Bertz CT molecular complexity index is 1390. The van der Waals surface area contributed by atoms with Crippen molar-refractivity contribution < 1.29 is 9.53 Å². The molecule has 0 bridgehead atoms. The van der Waals surface area contributed by atoms with Gasteiger partial charge in [0.05, 0.1) is 11.7 Å². The number of nitrogens with zero attached hydrogens (tertiary/aromatic N) is 2. The fourth-order valence-corrected chi connectivity index (χ4v) is 5.78. The van der Waals surface area contributed by atoms with Crippen LogP contribution in [-0.4, -0.2) is 27.0 Å². The molecule has 37 heavy (non-hydrogen) atoms. The smallest absolute Gasteiger partial charge is 0.273 e. The zero-order valence-corrected chi connectivity index (χ0v) is 21.7. The van der Waals surface area contributed by atoms with Crippen molar-refractivity contribution >= 4 is 17.5 Å². The zero-order chi connectivity index (χ0) is 25.4. The molecule has 188 valence electrons.